The molecule has 0 bridgehead atoms. The SMILES string of the molecule is Cc1nc(N)sc1SCCS(=O)(=O)c1ccc(Cl)cc1. The molecule has 20 heavy (non-hydrogen) atoms. The number of hydrogen-bond acceptors (Lipinski definition) is 6. The zero-order chi connectivity index (χ0) is 14.8. The van der Waals surface area contributed by atoms with Gasteiger partial charge in [-0.15, -0.1) is 11.8 Å². The zero-order valence-electron chi connectivity index (χ0n) is 10.7. The second-order valence-corrected chi connectivity index (χ2v) is 8.99. The fourth-order valence-electron chi connectivity index (χ4n) is 1.54. The van der Waals surface area contributed by atoms with Crippen LogP contribution in [0.2, 0.25) is 5.02 Å². The van der Waals surface area contributed by atoms with Gasteiger partial charge in [-0.05, 0) is 31.2 Å². The maximum absolute atomic E-state index is 12.1. The number of benzene rings is 1. The van der Waals surface area contributed by atoms with Crippen molar-refractivity contribution < 1.29 is 8.42 Å². The molecule has 2 rings (SSSR count). The molecule has 1 heterocycles. The van der Waals surface area contributed by atoms with Crippen LogP contribution in [0.15, 0.2) is 33.4 Å². The first-order valence-electron chi connectivity index (χ1n) is 5.72. The summed E-state index contributed by atoms with van der Waals surface area (Å²) in [6.45, 7) is 1.86. The summed E-state index contributed by atoms with van der Waals surface area (Å²) in [4.78, 5) is 4.40. The van der Waals surface area contributed by atoms with Crippen molar-refractivity contribution in [3.8, 4) is 0 Å². The van der Waals surface area contributed by atoms with Crippen molar-refractivity contribution >= 4 is 49.7 Å². The van der Waals surface area contributed by atoms with Crippen molar-refractivity contribution in [2.75, 3.05) is 17.2 Å². The summed E-state index contributed by atoms with van der Waals surface area (Å²) in [5.74, 6) is 0.532. The summed E-state index contributed by atoms with van der Waals surface area (Å²) >= 11 is 8.59. The predicted molar refractivity (Wildman–Crippen MR) is 85.5 cm³/mol. The van der Waals surface area contributed by atoms with Gasteiger partial charge in [-0.2, -0.15) is 0 Å². The highest BCUT2D eigenvalue weighted by atomic mass is 35.5. The summed E-state index contributed by atoms with van der Waals surface area (Å²) in [7, 11) is -3.28. The number of nitrogens with zero attached hydrogens (tertiary/aromatic N) is 1. The van der Waals surface area contributed by atoms with Crippen LogP contribution in [0, 0.1) is 6.92 Å². The number of aromatic nitrogens is 1. The first-order valence-corrected chi connectivity index (χ1v) is 9.56. The molecule has 0 unspecified atom stereocenters. The summed E-state index contributed by atoms with van der Waals surface area (Å²) in [6.07, 6.45) is 0. The molecule has 0 saturated heterocycles. The molecule has 1 aromatic carbocycles. The highest BCUT2D eigenvalue weighted by Crippen LogP contribution is 2.30. The molecule has 4 nitrogen and oxygen atoms in total. The molecule has 0 amide bonds. The Kier molecular flexibility index (Phi) is 4.95. The van der Waals surface area contributed by atoms with Crippen molar-refractivity contribution in [3.63, 3.8) is 0 Å². The quantitative estimate of drug-likeness (QED) is 0.839. The van der Waals surface area contributed by atoms with E-state index >= 15 is 0 Å². The van der Waals surface area contributed by atoms with Gasteiger partial charge in [0.15, 0.2) is 15.0 Å². The van der Waals surface area contributed by atoms with Gasteiger partial charge in [0.05, 0.1) is 20.6 Å². The van der Waals surface area contributed by atoms with Gasteiger partial charge in [0.25, 0.3) is 0 Å². The van der Waals surface area contributed by atoms with E-state index < -0.39 is 9.84 Å². The van der Waals surface area contributed by atoms with Crippen LogP contribution in [0.3, 0.4) is 0 Å². The molecule has 108 valence electrons. The molecule has 0 fully saturated rings. The van der Waals surface area contributed by atoms with Crippen LogP contribution in [-0.4, -0.2) is 24.9 Å². The van der Waals surface area contributed by atoms with Crippen LogP contribution in [0.4, 0.5) is 5.13 Å². The van der Waals surface area contributed by atoms with Crippen LogP contribution in [0.5, 0.6) is 0 Å². The van der Waals surface area contributed by atoms with Crippen LogP contribution < -0.4 is 5.73 Å². The molecule has 0 saturated carbocycles. The van der Waals surface area contributed by atoms with E-state index in [2.05, 4.69) is 4.98 Å². The number of anilines is 1. The van der Waals surface area contributed by atoms with Crippen LogP contribution in [-0.2, 0) is 9.84 Å². The Labute approximate surface area is 131 Å². The lowest BCUT2D eigenvalue weighted by atomic mass is 10.4. The first kappa shape index (κ1) is 15.6. The monoisotopic (exact) mass is 348 g/mol. The number of aryl methyl sites for hydroxylation is 1. The maximum atomic E-state index is 12.1. The van der Waals surface area contributed by atoms with Crippen molar-refractivity contribution in [1.82, 2.24) is 4.98 Å². The van der Waals surface area contributed by atoms with Gasteiger partial charge in [0.2, 0.25) is 0 Å². The Hall–Kier alpha value is -0.760. The number of sulfone groups is 1. The number of hydrogen-bond donors (Lipinski definition) is 1. The lowest BCUT2D eigenvalue weighted by molar-refractivity contribution is 0.597. The molecule has 0 aliphatic heterocycles. The minimum absolute atomic E-state index is 0.0660. The van der Waals surface area contributed by atoms with Crippen LogP contribution in [0.1, 0.15) is 5.69 Å². The van der Waals surface area contributed by atoms with Crippen molar-refractivity contribution in [2.24, 2.45) is 0 Å². The van der Waals surface area contributed by atoms with Crippen LogP contribution >= 0.6 is 34.7 Å². The van der Waals surface area contributed by atoms with Crippen LogP contribution in [0.25, 0.3) is 0 Å². The smallest absolute Gasteiger partial charge is 0.181 e. The largest absolute Gasteiger partial charge is 0.375 e. The third kappa shape index (κ3) is 3.88. The highest BCUT2D eigenvalue weighted by molar-refractivity contribution is 8.02. The molecular formula is C12H13ClN2O2S3. The lowest BCUT2D eigenvalue weighted by Gasteiger charge is -2.04. The molecule has 0 atom stereocenters. The van der Waals surface area contributed by atoms with Crippen molar-refractivity contribution in [1.29, 1.82) is 0 Å². The first-order chi connectivity index (χ1) is 9.38. The average molecular weight is 349 g/mol. The van der Waals surface area contributed by atoms with Gasteiger partial charge in [-0.3, -0.25) is 0 Å². The van der Waals surface area contributed by atoms with E-state index in [1.165, 1.54) is 35.2 Å². The van der Waals surface area contributed by atoms with Gasteiger partial charge in [-0.25, -0.2) is 13.4 Å². The Balaban J connectivity index is 1.99. The molecule has 0 spiro atoms. The summed E-state index contributed by atoms with van der Waals surface area (Å²) in [6, 6.07) is 6.21. The zero-order valence-corrected chi connectivity index (χ0v) is 13.9. The molecule has 0 aliphatic rings. The highest BCUT2D eigenvalue weighted by Gasteiger charge is 2.15. The fourth-order valence-corrected chi connectivity index (χ4v) is 5.41. The average Bonchev–Trinajstić information content (AvgIpc) is 2.68. The second-order valence-electron chi connectivity index (χ2n) is 4.05. The number of rotatable bonds is 5. The Morgan fingerprint density at radius 1 is 1.35 bits per heavy atom. The number of thioether (sulfide) groups is 1. The Morgan fingerprint density at radius 2 is 2.00 bits per heavy atom. The summed E-state index contributed by atoms with van der Waals surface area (Å²) in [5, 5.41) is 1.03. The molecule has 1 aromatic heterocycles. The second kappa shape index (κ2) is 6.34. The third-order valence-electron chi connectivity index (χ3n) is 2.53. The molecule has 0 aliphatic carbocycles. The number of nitrogens with two attached hydrogens (primary N) is 1. The van der Waals surface area contributed by atoms with E-state index in [0.29, 0.717) is 20.8 Å². The fraction of sp³-hybridized carbons (Fsp3) is 0.250. The predicted octanol–water partition coefficient (Wildman–Crippen LogP) is 3.25. The molecule has 2 aromatic rings. The van der Waals surface area contributed by atoms with Gasteiger partial charge >= 0.3 is 0 Å². The van der Waals surface area contributed by atoms with Crippen molar-refractivity contribution in [3.05, 3.63) is 35.0 Å². The van der Waals surface area contributed by atoms with E-state index in [-0.39, 0.29) is 5.75 Å². The van der Waals surface area contributed by atoms with E-state index in [1.54, 1.807) is 12.1 Å². The number of nitrogen functional groups attached to an aromatic ring is 1. The molecule has 0 radical (unpaired) electrons. The topological polar surface area (TPSA) is 73.0 Å². The maximum Gasteiger partial charge on any atom is 0.181 e. The molecule has 8 heteroatoms. The number of halogens is 1. The number of thiazole rings is 1. The summed E-state index contributed by atoms with van der Waals surface area (Å²) in [5.41, 5.74) is 6.45. The van der Waals surface area contributed by atoms with E-state index in [1.807, 2.05) is 6.92 Å². The minimum Gasteiger partial charge on any atom is -0.375 e. The van der Waals surface area contributed by atoms with Gasteiger partial charge < -0.3 is 5.73 Å². The lowest BCUT2D eigenvalue weighted by Crippen LogP contribution is -2.08. The Bertz CT molecular complexity index is 696. The Morgan fingerprint density at radius 3 is 2.55 bits per heavy atom. The van der Waals surface area contributed by atoms with Gasteiger partial charge in [0.1, 0.15) is 0 Å². The third-order valence-corrected chi connectivity index (χ3v) is 7.12. The van der Waals surface area contributed by atoms with Crippen molar-refractivity contribution in [2.45, 2.75) is 16.0 Å². The van der Waals surface area contributed by atoms with Gasteiger partial charge in [-0.1, -0.05) is 22.9 Å². The van der Waals surface area contributed by atoms with Gasteiger partial charge in [0, 0.05) is 10.8 Å². The normalized spacial score (nSPS) is 11.7. The minimum atomic E-state index is -3.28. The molecule has 2 N–H and O–H groups in total. The molecular weight excluding hydrogens is 336 g/mol. The van der Waals surface area contributed by atoms with E-state index in [4.69, 9.17) is 17.3 Å². The van der Waals surface area contributed by atoms with E-state index in [9.17, 15) is 8.42 Å². The van der Waals surface area contributed by atoms with E-state index in [0.717, 1.165) is 9.90 Å². The summed E-state index contributed by atoms with van der Waals surface area (Å²) < 4.78 is 25.2. The standard InChI is InChI=1S/C12H13ClN2O2S3/c1-8-11(19-12(14)15-8)18-6-7-20(16,17)10-4-2-9(13)3-5-10/h2-5H,6-7H2,1H3,(H2,14,15).